The van der Waals surface area contributed by atoms with Crippen molar-refractivity contribution in [3.8, 4) is 6.07 Å². The van der Waals surface area contributed by atoms with E-state index in [1.54, 1.807) is 30.3 Å². The van der Waals surface area contributed by atoms with Crippen molar-refractivity contribution in [3.05, 3.63) is 57.6 Å². The smallest absolute Gasteiger partial charge is 0.257 e. The van der Waals surface area contributed by atoms with Gasteiger partial charge < -0.3 is 11.1 Å². The first-order chi connectivity index (χ1) is 9.52. The van der Waals surface area contributed by atoms with E-state index in [0.29, 0.717) is 16.9 Å². The fourth-order valence-corrected chi connectivity index (χ4v) is 2.04. The van der Waals surface area contributed by atoms with Gasteiger partial charge in [-0.2, -0.15) is 5.26 Å². The lowest BCUT2D eigenvalue weighted by atomic mass is 10.1. The molecule has 0 heterocycles. The molecule has 1 amide bonds. The number of nitrogens with zero attached hydrogens (tertiary/aromatic N) is 1. The Labute approximate surface area is 125 Å². The Morgan fingerprint density at radius 3 is 2.65 bits per heavy atom. The molecule has 0 fully saturated rings. The third kappa shape index (κ3) is 2.85. The van der Waals surface area contributed by atoms with Gasteiger partial charge in [-0.15, -0.1) is 0 Å². The second kappa shape index (κ2) is 5.83. The maximum atomic E-state index is 12.1. The molecule has 0 unspecified atom stereocenters. The minimum atomic E-state index is -0.422. The molecule has 2 rings (SSSR count). The Hall–Kier alpha value is -2.22. The zero-order valence-electron chi connectivity index (χ0n) is 10.2. The van der Waals surface area contributed by atoms with Crippen molar-refractivity contribution in [1.29, 1.82) is 5.26 Å². The molecule has 0 saturated carbocycles. The van der Waals surface area contributed by atoms with E-state index in [1.807, 2.05) is 6.07 Å². The molecule has 0 saturated heterocycles. The number of nitrogens with two attached hydrogens (primary N) is 1. The average molecular weight is 306 g/mol. The lowest BCUT2D eigenvalue weighted by Crippen LogP contribution is -2.13. The molecule has 20 heavy (non-hydrogen) atoms. The van der Waals surface area contributed by atoms with Crippen molar-refractivity contribution in [2.24, 2.45) is 0 Å². The maximum Gasteiger partial charge on any atom is 0.257 e. The fraction of sp³-hybridized carbons (Fsp3) is 0. The third-order valence-electron chi connectivity index (χ3n) is 2.62. The molecule has 0 atom stereocenters. The summed E-state index contributed by atoms with van der Waals surface area (Å²) in [6.45, 7) is 0. The van der Waals surface area contributed by atoms with Crippen LogP contribution in [0.25, 0.3) is 0 Å². The molecule has 3 N–H and O–H groups in total. The molecular formula is C14H9Cl2N3O. The molecule has 0 bridgehead atoms. The molecule has 100 valence electrons. The normalized spacial score (nSPS) is 9.85. The van der Waals surface area contributed by atoms with Crippen molar-refractivity contribution in [3.63, 3.8) is 0 Å². The number of amides is 1. The van der Waals surface area contributed by atoms with E-state index < -0.39 is 5.91 Å². The molecule has 6 heteroatoms. The predicted molar refractivity (Wildman–Crippen MR) is 80.0 cm³/mol. The van der Waals surface area contributed by atoms with Crippen LogP contribution in [0, 0.1) is 11.3 Å². The lowest BCUT2D eigenvalue weighted by Gasteiger charge is -2.09. The SMILES string of the molecule is N#Cc1ccc(NC(=O)c2cccc(N)c2Cl)c(Cl)c1. The van der Waals surface area contributed by atoms with Crippen LogP contribution < -0.4 is 11.1 Å². The molecule has 4 nitrogen and oxygen atoms in total. The van der Waals surface area contributed by atoms with Crippen LogP contribution in [0.3, 0.4) is 0 Å². The predicted octanol–water partition coefficient (Wildman–Crippen LogP) is 3.70. The largest absolute Gasteiger partial charge is 0.398 e. The average Bonchev–Trinajstić information content (AvgIpc) is 2.44. The second-order valence-electron chi connectivity index (χ2n) is 3.97. The van der Waals surface area contributed by atoms with Gasteiger partial charge >= 0.3 is 0 Å². The molecule has 0 aliphatic heterocycles. The van der Waals surface area contributed by atoms with Crippen LogP contribution in [-0.2, 0) is 0 Å². The molecule has 0 aromatic heterocycles. The zero-order chi connectivity index (χ0) is 14.7. The van der Waals surface area contributed by atoms with Gasteiger partial charge in [0.25, 0.3) is 5.91 Å². The highest BCUT2D eigenvalue weighted by Crippen LogP contribution is 2.26. The van der Waals surface area contributed by atoms with Crippen LogP contribution in [0.15, 0.2) is 36.4 Å². The van der Waals surface area contributed by atoms with E-state index in [9.17, 15) is 4.79 Å². The Balaban J connectivity index is 2.29. The van der Waals surface area contributed by atoms with Crippen molar-refractivity contribution in [2.75, 3.05) is 11.1 Å². The Morgan fingerprint density at radius 2 is 2.00 bits per heavy atom. The number of nitrogen functional groups attached to an aromatic ring is 1. The molecule has 0 spiro atoms. The minimum Gasteiger partial charge on any atom is -0.398 e. The first kappa shape index (κ1) is 14.2. The van der Waals surface area contributed by atoms with E-state index in [4.69, 9.17) is 34.2 Å². The van der Waals surface area contributed by atoms with Crippen molar-refractivity contribution in [1.82, 2.24) is 0 Å². The Morgan fingerprint density at radius 1 is 1.25 bits per heavy atom. The fourth-order valence-electron chi connectivity index (χ4n) is 1.60. The van der Waals surface area contributed by atoms with Gasteiger partial charge in [-0.1, -0.05) is 29.3 Å². The summed E-state index contributed by atoms with van der Waals surface area (Å²) in [5.41, 5.74) is 7.04. The van der Waals surface area contributed by atoms with Gasteiger partial charge in [0, 0.05) is 0 Å². The Kier molecular flexibility index (Phi) is 4.14. The summed E-state index contributed by atoms with van der Waals surface area (Å²) in [5, 5.41) is 11.8. The van der Waals surface area contributed by atoms with Crippen LogP contribution in [0.2, 0.25) is 10.0 Å². The van der Waals surface area contributed by atoms with E-state index in [1.165, 1.54) is 6.07 Å². The summed E-state index contributed by atoms with van der Waals surface area (Å²) in [7, 11) is 0. The lowest BCUT2D eigenvalue weighted by molar-refractivity contribution is 0.102. The molecule has 0 radical (unpaired) electrons. The molecule has 2 aromatic rings. The van der Waals surface area contributed by atoms with E-state index >= 15 is 0 Å². The topological polar surface area (TPSA) is 78.9 Å². The van der Waals surface area contributed by atoms with E-state index in [-0.39, 0.29) is 15.6 Å². The van der Waals surface area contributed by atoms with Crippen molar-refractivity contribution >= 4 is 40.5 Å². The summed E-state index contributed by atoms with van der Waals surface area (Å²) in [6.07, 6.45) is 0. The molecule has 0 aliphatic carbocycles. The van der Waals surface area contributed by atoms with Gasteiger partial charge in [-0.05, 0) is 30.3 Å². The van der Waals surface area contributed by atoms with Crippen molar-refractivity contribution < 1.29 is 4.79 Å². The number of rotatable bonds is 2. The molecule has 2 aromatic carbocycles. The number of carbonyl (C=O) groups excluding carboxylic acids is 1. The standard InChI is InChI=1S/C14H9Cl2N3O/c15-10-6-8(7-17)4-5-12(10)19-14(20)9-2-1-3-11(18)13(9)16/h1-6H,18H2,(H,19,20). The highest BCUT2D eigenvalue weighted by atomic mass is 35.5. The van der Waals surface area contributed by atoms with Gasteiger partial charge in [0.05, 0.1) is 38.6 Å². The van der Waals surface area contributed by atoms with Gasteiger partial charge in [-0.3, -0.25) is 4.79 Å². The summed E-state index contributed by atoms with van der Waals surface area (Å²) in [5.74, 6) is -0.422. The molecular weight excluding hydrogens is 297 g/mol. The molecule has 0 aliphatic rings. The van der Waals surface area contributed by atoms with Crippen LogP contribution >= 0.6 is 23.2 Å². The highest BCUT2D eigenvalue weighted by Gasteiger charge is 2.13. The number of nitrogens with one attached hydrogen (secondary N) is 1. The van der Waals surface area contributed by atoms with Crippen LogP contribution in [0.1, 0.15) is 15.9 Å². The third-order valence-corrected chi connectivity index (χ3v) is 3.35. The summed E-state index contributed by atoms with van der Waals surface area (Å²) in [4.78, 5) is 12.1. The van der Waals surface area contributed by atoms with Crippen molar-refractivity contribution in [2.45, 2.75) is 0 Å². The number of carbonyl (C=O) groups is 1. The first-order valence-corrected chi connectivity index (χ1v) is 6.33. The number of anilines is 2. The Bertz CT molecular complexity index is 723. The first-order valence-electron chi connectivity index (χ1n) is 5.58. The summed E-state index contributed by atoms with van der Waals surface area (Å²) in [6, 6.07) is 11.3. The number of hydrogen-bond donors (Lipinski definition) is 2. The van der Waals surface area contributed by atoms with Crippen LogP contribution in [-0.4, -0.2) is 5.91 Å². The van der Waals surface area contributed by atoms with Gasteiger partial charge in [0.15, 0.2) is 0 Å². The minimum absolute atomic E-state index is 0.190. The summed E-state index contributed by atoms with van der Waals surface area (Å²) < 4.78 is 0. The monoisotopic (exact) mass is 305 g/mol. The highest BCUT2D eigenvalue weighted by molar-refractivity contribution is 6.37. The van der Waals surface area contributed by atoms with Crippen LogP contribution in [0.5, 0.6) is 0 Å². The van der Waals surface area contributed by atoms with E-state index in [2.05, 4.69) is 5.32 Å². The number of benzene rings is 2. The van der Waals surface area contributed by atoms with Gasteiger partial charge in [-0.25, -0.2) is 0 Å². The van der Waals surface area contributed by atoms with Gasteiger partial charge in [0.2, 0.25) is 0 Å². The van der Waals surface area contributed by atoms with Crippen LogP contribution in [0.4, 0.5) is 11.4 Å². The quantitative estimate of drug-likeness (QED) is 0.830. The summed E-state index contributed by atoms with van der Waals surface area (Å²) >= 11 is 12.0. The number of nitriles is 1. The second-order valence-corrected chi connectivity index (χ2v) is 4.75. The van der Waals surface area contributed by atoms with Gasteiger partial charge in [0.1, 0.15) is 0 Å². The number of halogens is 2. The zero-order valence-corrected chi connectivity index (χ0v) is 11.7. The number of hydrogen-bond acceptors (Lipinski definition) is 3. The maximum absolute atomic E-state index is 12.1. The van der Waals surface area contributed by atoms with E-state index in [0.717, 1.165) is 0 Å².